The molecule has 2 aliphatic rings. The summed E-state index contributed by atoms with van der Waals surface area (Å²) < 4.78 is 69.6. The molecule has 1 aromatic heterocycles. The Balaban J connectivity index is 1.28. The molecular formula is C31H34F3N5O8. The van der Waals surface area contributed by atoms with Gasteiger partial charge >= 0.3 is 18.4 Å². The van der Waals surface area contributed by atoms with Crippen LogP contribution in [-0.4, -0.2) is 70.3 Å². The van der Waals surface area contributed by atoms with Gasteiger partial charge in [-0.05, 0) is 82.3 Å². The molecular weight excluding hydrogens is 627 g/mol. The van der Waals surface area contributed by atoms with E-state index in [9.17, 15) is 27.9 Å². The molecule has 3 aromatic rings. The van der Waals surface area contributed by atoms with E-state index in [1.165, 1.54) is 17.0 Å². The van der Waals surface area contributed by atoms with Crippen LogP contribution in [0.25, 0.3) is 11.4 Å². The molecule has 1 fully saturated rings. The van der Waals surface area contributed by atoms with Gasteiger partial charge in [-0.1, -0.05) is 11.2 Å². The third kappa shape index (κ3) is 8.62. The second-order valence-electron chi connectivity index (χ2n) is 11.8. The quantitative estimate of drug-likeness (QED) is 0.168. The molecule has 1 unspecified atom stereocenters. The summed E-state index contributed by atoms with van der Waals surface area (Å²) in [6, 6.07) is 8.33. The van der Waals surface area contributed by atoms with Gasteiger partial charge in [0.1, 0.15) is 30.6 Å². The van der Waals surface area contributed by atoms with E-state index in [1.807, 2.05) is 18.2 Å². The number of hydrogen-bond acceptors (Lipinski definition) is 9. The number of alkyl halides is 3. The Hall–Kier alpha value is -5.02. The normalized spacial score (nSPS) is 16.6. The number of alkyl carbamates (subject to hydrolysis) is 1. The van der Waals surface area contributed by atoms with E-state index in [2.05, 4.69) is 20.4 Å². The maximum absolute atomic E-state index is 14.1. The number of carboxylic acid groups (broad SMARTS) is 1. The summed E-state index contributed by atoms with van der Waals surface area (Å²) >= 11 is 0. The Morgan fingerprint density at radius 3 is 2.60 bits per heavy atom. The van der Waals surface area contributed by atoms with Crippen LogP contribution < -0.4 is 19.5 Å². The molecule has 0 bridgehead atoms. The maximum Gasteiger partial charge on any atom is 0.434 e. The number of halogens is 3. The highest BCUT2D eigenvalue weighted by atomic mass is 19.4. The van der Waals surface area contributed by atoms with E-state index in [0.717, 1.165) is 11.6 Å². The van der Waals surface area contributed by atoms with Crippen molar-refractivity contribution in [2.75, 3.05) is 26.4 Å². The zero-order chi connectivity index (χ0) is 33.8. The number of nitrogens with one attached hydrogen (secondary N) is 1. The highest BCUT2D eigenvalue weighted by Gasteiger charge is 2.37. The summed E-state index contributed by atoms with van der Waals surface area (Å²) in [4.78, 5) is 33.1. The number of nitrogens with zero attached hydrogens (tertiary/aromatic N) is 4. The summed E-state index contributed by atoms with van der Waals surface area (Å²) in [6.07, 6.45) is -5.21. The number of carbonyl (C=O) groups excluding carboxylic acids is 1. The van der Waals surface area contributed by atoms with Gasteiger partial charge in [-0.15, -0.1) is 4.99 Å². The van der Waals surface area contributed by atoms with Crippen molar-refractivity contribution in [3.05, 3.63) is 53.4 Å². The van der Waals surface area contributed by atoms with E-state index in [4.69, 9.17) is 23.5 Å². The fourth-order valence-electron chi connectivity index (χ4n) is 5.13. The highest BCUT2D eigenvalue weighted by Crippen LogP contribution is 2.39. The molecule has 5 rings (SSSR count). The number of aryl methyl sites for hydroxylation is 1. The maximum atomic E-state index is 14.1. The number of fused-ring (bicyclic) bond motifs is 1. The number of hydrogen-bond donors (Lipinski definition) is 2. The average molecular weight is 662 g/mol. The molecule has 3 heterocycles. The third-order valence-corrected chi connectivity index (χ3v) is 7.08. The largest absolute Gasteiger partial charge is 0.493 e. The highest BCUT2D eigenvalue weighted by molar-refractivity contribution is 5.98. The summed E-state index contributed by atoms with van der Waals surface area (Å²) in [5.41, 5.74) is -0.874. The third-order valence-electron chi connectivity index (χ3n) is 7.08. The van der Waals surface area contributed by atoms with Crippen molar-refractivity contribution in [2.24, 2.45) is 4.99 Å². The molecule has 2 amide bonds. The molecule has 2 aromatic carbocycles. The van der Waals surface area contributed by atoms with Gasteiger partial charge in [-0.2, -0.15) is 18.2 Å². The Labute approximate surface area is 267 Å². The van der Waals surface area contributed by atoms with Crippen LogP contribution in [0.3, 0.4) is 0 Å². The first-order valence-corrected chi connectivity index (χ1v) is 14.9. The lowest BCUT2D eigenvalue weighted by atomic mass is 10.1. The fourth-order valence-corrected chi connectivity index (χ4v) is 5.13. The van der Waals surface area contributed by atoms with Crippen LogP contribution in [0, 0.1) is 0 Å². The fraction of sp³-hybridized carbons (Fsp3) is 0.452. The predicted molar refractivity (Wildman–Crippen MR) is 159 cm³/mol. The first kappa shape index (κ1) is 33.3. The second kappa shape index (κ2) is 13.8. The van der Waals surface area contributed by atoms with E-state index in [-0.39, 0.29) is 42.1 Å². The summed E-state index contributed by atoms with van der Waals surface area (Å²) in [6.45, 7) is 6.19. The first-order chi connectivity index (χ1) is 22.3. The van der Waals surface area contributed by atoms with E-state index in [1.54, 1.807) is 20.8 Å². The van der Waals surface area contributed by atoms with Crippen molar-refractivity contribution in [3.8, 4) is 28.6 Å². The van der Waals surface area contributed by atoms with Crippen molar-refractivity contribution >= 4 is 18.1 Å². The summed E-state index contributed by atoms with van der Waals surface area (Å²) in [5, 5.41) is 15.5. The molecule has 13 nitrogen and oxygen atoms in total. The number of aliphatic imine (C=N–C) groups is 1. The molecule has 47 heavy (non-hydrogen) atoms. The standard InChI is InChI=1S/C31H34F3N5O8/c1-30(2,3)46-29(42)37-27(36-28(40)41)39-12-4-7-21(39)26-35-25(38-47-26)19-9-11-22(20(17-19)31(32,33)34)43-13-5-6-18-8-10-23-24(16-18)45-15-14-44-23/h8-11,16-17,21H,4-7,12-15H2,1-3H3,(H,40,41)(H,36,37,42). The number of ether oxygens (including phenoxy) is 4. The van der Waals surface area contributed by atoms with Crippen molar-refractivity contribution in [1.82, 2.24) is 20.4 Å². The molecule has 0 aliphatic carbocycles. The average Bonchev–Trinajstić information content (AvgIpc) is 3.68. The lowest BCUT2D eigenvalue weighted by Crippen LogP contribution is -2.46. The monoisotopic (exact) mass is 661 g/mol. The topological polar surface area (TPSA) is 158 Å². The van der Waals surface area contributed by atoms with Crippen molar-refractivity contribution in [1.29, 1.82) is 0 Å². The number of aromatic nitrogens is 2. The van der Waals surface area contributed by atoms with E-state index < -0.39 is 35.6 Å². The molecule has 2 N–H and O–H groups in total. The van der Waals surface area contributed by atoms with Crippen LogP contribution in [0.5, 0.6) is 17.2 Å². The number of rotatable bonds is 7. The molecule has 0 saturated carbocycles. The minimum Gasteiger partial charge on any atom is -0.493 e. The van der Waals surface area contributed by atoms with Gasteiger partial charge in [-0.25, -0.2) is 9.59 Å². The molecule has 2 aliphatic heterocycles. The van der Waals surface area contributed by atoms with Gasteiger partial charge in [0.15, 0.2) is 11.5 Å². The lowest BCUT2D eigenvalue weighted by Gasteiger charge is -2.26. The van der Waals surface area contributed by atoms with Gasteiger partial charge in [0.25, 0.3) is 0 Å². The van der Waals surface area contributed by atoms with Gasteiger partial charge in [0.05, 0.1) is 12.2 Å². The Morgan fingerprint density at radius 1 is 1.11 bits per heavy atom. The van der Waals surface area contributed by atoms with E-state index >= 15 is 0 Å². The van der Waals surface area contributed by atoms with Crippen LogP contribution >= 0.6 is 0 Å². The molecule has 0 radical (unpaired) electrons. The Bertz CT molecular complexity index is 1640. The SMILES string of the molecule is CC(C)(C)OC(=O)NC(=NC(=O)O)N1CCCC1c1nc(-c2ccc(OCCCc3ccc4c(c3)OCCO4)c(C(F)(F)F)c2)no1. The van der Waals surface area contributed by atoms with Crippen molar-refractivity contribution < 1.29 is 51.3 Å². The van der Waals surface area contributed by atoms with Crippen LogP contribution in [0.2, 0.25) is 0 Å². The minimum absolute atomic E-state index is 0.00889. The van der Waals surface area contributed by atoms with Crippen LogP contribution in [0.1, 0.15) is 63.1 Å². The number of likely N-dealkylation sites (tertiary alicyclic amines) is 1. The number of guanidine groups is 1. The molecule has 1 saturated heterocycles. The van der Waals surface area contributed by atoms with E-state index in [0.29, 0.717) is 50.4 Å². The van der Waals surface area contributed by atoms with Crippen LogP contribution in [0.15, 0.2) is 45.9 Å². The van der Waals surface area contributed by atoms with Gasteiger partial charge in [-0.3, -0.25) is 5.32 Å². The first-order valence-electron chi connectivity index (χ1n) is 14.9. The zero-order valence-electron chi connectivity index (χ0n) is 25.9. The molecule has 252 valence electrons. The van der Waals surface area contributed by atoms with Crippen LogP contribution in [0.4, 0.5) is 22.8 Å². The lowest BCUT2D eigenvalue weighted by molar-refractivity contribution is -0.138. The molecule has 16 heteroatoms. The summed E-state index contributed by atoms with van der Waals surface area (Å²) in [5.74, 6) is 0.559. The smallest absolute Gasteiger partial charge is 0.434 e. The van der Waals surface area contributed by atoms with Gasteiger partial charge < -0.3 is 33.5 Å². The van der Waals surface area contributed by atoms with Crippen molar-refractivity contribution in [2.45, 2.75) is 64.3 Å². The molecule has 0 spiro atoms. The summed E-state index contributed by atoms with van der Waals surface area (Å²) in [7, 11) is 0. The number of carbonyl (C=O) groups is 2. The number of benzene rings is 2. The number of amides is 2. The van der Waals surface area contributed by atoms with Crippen LogP contribution in [-0.2, 0) is 17.3 Å². The minimum atomic E-state index is -4.73. The van der Waals surface area contributed by atoms with Gasteiger partial charge in [0, 0.05) is 12.1 Å². The Kier molecular flexibility index (Phi) is 9.77. The Morgan fingerprint density at radius 2 is 1.87 bits per heavy atom. The second-order valence-corrected chi connectivity index (χ2v) is 11.8. The zero-order valence-corrected chi connectivity index (χ0v) is 25.9. The molecule has 1 atom stereocenters. The predicted octanol–water partition coefficient (Wildman–Crippen LogP) is 6.23. The van der Waals surface area contributed by atoms with Gasteiger partial charge in [0.2, 0.25) is 17.7 Å². The van der Waals surface area contributed by atoms with Crippen molar-refractivity contribution in [3.63, 3.8) is 0 Å².